The smallest absolute Gasteiger partial charge is 0.361 e. The molecular weight excluding hydrogens is 438 g/mol. The molecule has 0 saturated carbocycles. The standard InChI is InChI=1S/C22H18F6N2O2/c1-30(9-5-8-18-13-19(29-32-18)14-6-3-2-4-7-14)20(31)15-10-16(21(23,24)25)12-17(11-15)22(26,27)28/h2-4,6-7,10-13H,5,8-9H2,1H3. The Kier molecular flexibility index (Phi) is 6.61. The highest BCUT2D eigenvalue weighted by Crippen LogP contribution is 2.36. The zero-order valence-electron chi connectivity index (χ0n) is 16.8. The third-order valence-corrected chi connectivity index (χ3v) is 4.73. The number of amides is 1. The Labute approximate surface area is 179 Å². The molecule has 0 aliphatic rings. The second-order valence-electron chi connectivity index (χ2n) is 7.17. The summed E-state index contributed by atoms with van der Waals surface area (Å²) in [6.07, 6.45) is -9.28. The van der Waals surface area contributed by atoms with E-state index < -0.39 is 35.0 Å². The van der Waals surface area contributed by atoms with Gasteiger partial charge in [-0.1, -0.05) is 35.5 Å². The SMILES string of the molecule is CN(CCCc1cc(-c2ccccc2)no1)C(=O)c1cc(C(F)(F)F)cc(C(F)(F)F)c1. The maximum Gasteiger partial charge on any atom is 0.416 e. The lowest BCUT2D eigenvalue weighted by molar-refractivity contribution is -0.143. The number of carbonyl (C=O) groups is 1. The molecule has 0 aliphatic carbocycles. The van der Waals surface area contributed by atoms with E-state index in [0.29, 0.717) is 36.4 Å². The van der Waals surface area contributed by atoms with E-state index >= 15 is 0 Å². The van der Waals surface area contributed by atoms with Crippen molar-refractivity contribution in [2.75, 3.05) is 13.6 Å². The number of rotatable bonds is 6. The number of aromatic nitrogens is 1. The Bertz CT molecular complexity index is 1040. The molecule has 2 aromatic carbocycles. The van der Waals surface area contributed by atoms with Crippen LogP contribution in [0.5, 0.6) is 0 Å². The predicted molar refractivity (Wildman–Crippen MR) is 104 cm³/mol. The number of hydrogen-bond donors (Lipinski definition) is 0. The largest absolute Gasteiger partial charge is 0.416 e. The highest BCUT2D eigenvalue weighted by molar-refractivity contribution is 5.94. The fraction of sp³-hybridized carbons (Fsp3) is 0.273. The van der Waals surface area contributed by atoms with E-state index in [2.05, 4.69) is 5.16 Å². The second-order valence-corrected chi connectivity index (χ2v) is 7.17. The van der Waals surface area contributed by atoms with Crippen LogP contribution in [0.3, 0.4) is 0 Å². The zero-order valence-corrected chi connectivity index (χ0v) is 16.8. The summed E-state index contributed by atoms with van der Waals surface area (Å²) in [6, 6.07) is 11.9. The molecule has 3 rings (SSSR count). The first kappa shape index (κ1) is 23.4. The number of hydrogen-bond acceptors (Lipinski definition) is 3. The molecule has 0 radical (unpaired) electrons. The summed E-state index contributed by atoms with van der Waals surface area (Å²) < 4.78 is 83.3. The Morgan fingerprint density at radius 1 is 0.938 bits per heavy atom. The molecule has 10 heteroatoms. The van der Waals surface area contributed by atoms with Gasteiger partial charge < -0.3 is 9.42 Å². The predicted octanol–water partition coefficient (Wildman–Crippen LogP) is 6.08. The summed E-state index contributed by atoms with van der Waals surface area (Å²) in [5, 5.41) is 3.96. The third-order valence-electron chi connectivity index (χ3n) is 4.73. The van der Waals surface area contributed by atoms with Gasteiger partial charge >= 0.3 is 12.4 Å². The van der Waals surface area contributed by atoms with E-state index in [4.69, 9.17) is 4.52 Å². The van der Waals surface area contributed by atoms with Gasteiger partial charge in [0, 0.05) is 37.2 Å². The van der Waals surface area contributed by atoms with Gasteiger partial charge in [0.1, 0.15) is 11.5 Å². The lowest BCUT2D eigenvalue weighted by Crippen LogP contribution is -2.28. The van der Waals surface area contributed by atoms with Gasteiger partial charge in [0.25, 0.3) is 5.91 Å². The molecule has 1 heterocycles. The Morgan fingerprint density at radius 2 is 1.53 bits per heavy atom. The van der Waals surface area contributed by atoms with Gasteiger partial charge in [-0.3, -0.25) is 4.79 Å². The fourth-order valence-electron chi connectivity index (χ4n) is 3.07. The molecule has 0 unspecified atom stereocenters. The van der Waals surface area contributed by atoms with Gasteiger partial charge in [-0.2, -0.15) is 26.3 Å². The van der Waals surface area contributed by atoms with E-state index in [-0.39, 0.29) is 12.6 Å². The van der Waals surface area contributed by atoms with Crippen LogP contribution < -0.4 is 0 Å². The molecule has 0 saturated heterocycles. The highest BCUT2D eigenvalue weighted by atomic mass is 19.4. The van der Waals surface area contributed by atoms with E-state index in [0.717, 1.165) is 10.5 Å². The van der Waals surface area contributed by atoms with Crippen LogP contribution in [-0.4, -0.2) is 29.6 Å². The number of aryl methyl sites for hydroxylation is 1. The molecule has 4 nitrogen and oxygen atoms in total. The number of benzene rings is 2. The first-order valence-electron chi connectivity index (χ1n) is 9.51. The topological polar surface area (TPSA) is 46.3 Å². The Hall–Kier alpha value is -3.30. The van der Waals surface area contributed by atoms with Gasteiger partial charge in [0.2, 0.25) is 0 Å². The van der Waals surface area contributed by atoms with Crippen molar-refractivity contribution in [1.82, 2.24) is 10.1 Å². The first-order valence-corrected chi connectivity index (χ1v) is 9.51. The van der Waals surface area contributed by atoms with E-state index in [1.165, 1.54) is 7.05 Å². The highest BCUT2D eigenvalue weighted by Gasteiger charge is 2.37. The summed E-state index contributed by atoms with van der Waals surface area (Å²) >= 11 is 0. The number of alkyl halides is 6. The molecule has 0 bridgehead atoms. The van der Waals surface area contributed by atoms with Crippen molar-refractivity contribution in [3.05, 3.63) is 77.0 Å². The quantitative estimate of drug-likeness (QED) is 0.422. The monoisotopic (exact) mass is 456 g/mol. The van der Waals surface area contributed by atoms with Crippen molar-refractivity contribution >= 4 is 5.91 Å². The number of nitrogens with zero attached hydrogens (tertiary/aromatic N) is 2. The summed E-state index contributed by atoms with van der Waals surface area (Å²) in [5.74, 6) is -0.396. The average molecular weight is 456 g/mol. The Balaban J connectivity index is 1.66. The molecule has 0 atom stereocenters. The lowest BCUT2D eigenvalue weighted by Gasteiger charge is -2.19. The van der Waals surface area contributed by atoms with Crippen molar-refractivity contribution in [3.8, 4) is 11.3 Å². The third kappa shape index (κ3) is 5.68. The van der Waals surface area contributed by atoms with Gasteiger partial charge in [-0.05, 0) is 24.6 Å². The van der Waals surface area contributed by atoms with Crippen LogP contribution in [0.2, 0.25) is 0 Å². The molecule has 1 amide bonds. The normalized spacial score (nSPS) is 12.1. The Morgan fingerprint density at radius 3 is 2.09 bits per heavy atom. The summed E-state index contributed by atoms with van der Waals surface area (Å²) in [5.41, 5.74) is -2.24. The minimum Gasteiger partial charge on any atom is -0.361 e. The number of halogens is 6. The van der Waals surface area contributed by atoms with Crippen LogP contribution in [0.4, 0.5) is 26.3 Å². The maximum atomic E-state index is 13.0. The minimum atomic E-state index is -5.02. The van der Waals surface area contributed by atoms with Crippen LogP contribution in [0.25, 0.3) is 11.3 Å². The van der Waals surface area contributed by atoms with Crippen LogP contribution in [0.15, 0.2) is 59.1 Å². The van der Waals surface area contributed by atoms with Crippen LogP contribution in [-0.2, 0) is 18.8 Å². The summed E-state index contributed by atoms with van der Waals surface area (Å²) in [6.45, 7) is 0.0950. The average Bonchev–Trinajstić information content (AvgIpc) is 3.21. The molecule has 0 N–H and O–H groups in total. The molecule has 3 aromatic rings. The molecule has 170 valence electrons. The second kappa shape index (κ2) is 9.05. The maximum absolute atomic E-state index is 13.0. The summed E-state index contributed by atoms with van der Waals surface area (Å²) in [4.78, 5) is 13.6. The van der Waals surface area contributed by atoms with Crippen LogP contribution in [0.1, 0.15) is 33.7 Å². The van der Waals surface area contributed by atoms with E-state index in [1.807, 2.05) is 30.3 Å². The van der Waals surface area contributed by atoms with Crippen molar-refractivity contribution in [3.63, 3.8) is 0 Å². The van der Waals surface area contributed by atoms with Crippen molar-refractivity contribution in [2.24, 2.45) is 0 Å². The van der Waals surface area contributed by atoms with Gasteiger partial charge in [-0.25, -0.2) is 0 Å². The van der Waals surface area contributed by atoms with Crippen LogP contribution in [0, 0.1) is 0 Å². The minimum absolute atomic E-state index is 0.00892. The van der Waals surface area contributed by atoms with Crippen molar-refractivity contribution in [2.45, 2.75) is 25.2 Å². The molecule has 1 aromatic heterocycles. The van der Waals surface area contributed by atoms with Gasteiger partial charge in [-0.15, -0.1) is 0 Å². The lowest BCUT2D eigenvalue weighted by atomic mass is 10.0. The molecule has 0 aliphatic heterocycles. The summed E-state index contributed by atoms with van der Waals surface area (Å²) in [7, 11) is 1.31. The molecule has 0 spiro atoms. The van der Waals surface area contributed by atoms with Crippen LogP contribution >= 0.6 is 0 Å². The van der Waals surface area contributed by atoms with Crippen molar-refractivity contribution in [1.29, 1.82) is 0 Å². The van der Waals surface area contributed by atoms with Gasteiger partial charge in [0.05, 0.1) is 11.1 Å². The first-order chi connectivity index (χ1) is 14.9. The van der Waals surface area contributed by atoms with E-state index in [1.54, 1.807) is 6.07 Å². The number of carbonyl (C=O) groups excluding carboxylic acids is 1. The molecule has 32 heavy (non-hydrogen) atoms. The zero-order chi connectivity index (χ0) is 23.5. The van der Waals surface area contributed by atoms with Crippen molar-refractivity contribution < 1.29 is 35.7 Å². The fourth-order valence-corrected chi connectivity index (χ4v) is 3.07. The molecule has 0 fully saturated rings. The molecular formula is C22H18F6N2O2. The van der Waals surface area contributed by atoms with E-state index in [9.17, 15) is 31.1 Å². The van der Waals surface area contributed by atoms with Gasteiger partial charge in [0.15, 0.2) is 0 Å².